The number of aromatic nitrogens is 2. The Kier molecular flexibility index (Phi) is 7.05. The highest BCUT2D eigenvalue weighted by Gasteiger charge is 2.30. The third kappa shape index (κ3) is 4.86. The van der Waals surface area contributed by atoms with Gasteiger partial charge in [0.2, 0.25) is 0 Å². The van der Waals surface area contributed by atoms with Gasteiger partial charge in [0.25, 0.3) is 11.5 Å². The van der Waals surface area contributed by atoms with E-state index in [9.17, 15) is 14.4 Å². The van der Waals surface area contributed by atoms with E-state index in [1.807, 2.05) is 64.6 Å². The Morgan fingerprint density at radius 2 is 1.89 bits per heavy atom. The molecule has 4 aromatic rings. The molecule has 8 nitrogen and oxygen atoms in total. The standard InChI is InChI=1S/C28H28N4O4S/c1-3-36-28(35)24-25(30-11-13-31(14-12-30)26(33)23-8-5-15-37-23)21-17-29-10-9-22(21)32(27(24)34)18-20-7-4-6-19(2)16-20/h4-10,15-17H,3,11-14,18H2,1-2H3. The van der Waals surface area contributed by atoms with Gasteiger partial charge in [-0.3, -0.25) is 14.6 Å². The molecule has 0 radical (unpaired) electrons. The fourth-order valence-electron chi connectivity index (χ4n) is 4.84. The molecule has 0 N–H and O–H groups in total. The second-order valence-corrected chi connectivity index (χ2v) is 9.92. The van der Waals surface area contributed by atoms with Crippen LogP contribution < -0.4 is 10.5 Å². The second kappa shape index (κ2) is 10.6. The van der Waals surface area contributed by atoms with Crippen molar-refractivity contribution in [2.24, 2.45) is 0 Å². The lowest BCUT2D eigenvalue weighted by Gasteiger charge is -2.37. The van der Waals surface area contributed by atoms with Gasteiger partial charge in [0.1, 0.15) is 5.56 Å². The van der Waals surface area contributed by atoms with Gasteiger partial charge in [0, 0.05) is 44.0 Å². The third-order valence-corrected chi connectivity index (χ3v) is 7.42. The van der Waals surface area contributed by atoms with E-state index in [-0.39, 0.29) is 18.1 Å². The number of pyridine rings is 2. The summed E-state index contributed by atoms with van der Waals surface area (Å²) in [5.41, 5.74) is 2.88. The Morgan fingerprint density at radius 3 is 2.59 bits per heavy atom. The summed E-state index contributed by atoms with van der Waals surface area (Å²) in [5.74, 6) is -0.649. The van der Waals surface area contributed by atoms with Crippen LogP contribution in [-0.2, 0) is 11.3 Å². The maximum absolute atomic E-state index is 13.9. The van der Waals surface area contributed by atoms with Gasteiger partial charge in [-0.15, -0.1) is 11.3 Å². The fraction of sp³-hybridized carbons (Fsp3) is 0.286. The maximum Gasteiger partial charge on any atom is 0.345 e. The average Bonchev–Trinajstić information content (AvgIpc) is 3.45. The summed E-state index contributed by atoms with van der Waals surface area (Å²) >= 11 is 1.42. The molecule has 0 spiro atoms. The first kappa shape index (κ1) is 24.7. The van der Waals surface area contributed by atoms with Crippen molar-refractivity contribution in [1.82, 2.24) is 14.5 Å². The molecule has 190 valence electrons. The summed E-state index contributed by atoms with van der Waals surface area (Å²) in [7, 11) is 0. The highest BCUT2D eigenvalue weighted by Crippen LogP contribution is 2.31. The molecule has 0 unspecified atom stereocenters. The van der Waals surface area contributed by atoms with E-state index in [0.717, 1.165) is 11.1 Å². The third-order valence-electron chi connectivity index (χ3n) is 6.56. The maximum atomic E-state index is 13.9. The number of hydrogen-bond acceptors (Lipinski definition) is 7. The second-order valence-electron chi connectivity index (χ2n) is 8.97. The number of aryl methyl sites for hydroxylation is 1. The van der Waals surface area contributed by atoms with Gasteiger partial charge >= 0.3 is 5.97 Å². The van der Waals surface area contributed by atoms with Crippen LogP contribution in [0.3, 0.4) is 0 Å². The van der Waals surface area contributed by atoms with E-state index in [4.69, 9.17) is 4.74 Å². The lowest BCUT2D eigenvalue weighted by atomic mass is 10.1. The van der Waals surface area contributed by atoms with Crippen molar-refractivity contribution in [2.45, 2.75) is 20.4 Å². The monoisotopic (exact) mass is 516 g/mol. The molecule has 1 amide bonds. The predicted octanol–water partition coefficient (Wildman–Crippen LogP) is 3.95. The van der Waals surface area contributed by atoms with Gasteiger partial charge in [0.15, 0.2) is 0 Å². The number of rotatable bonds is 6. The number of piperazine rings is 1. The van der Waals surface area contributed by atoms with Crippen molar-refractivity contribution < 1.29 is 14.3 Å². The summed E-state index contributed by atoms with van der Waals surface area (Å²) in [6, 6.07) is 13.5. The summed E-state index contributed by atoms with van der Waals surface area (Å²) in [6.07, 6.45) is 3.35. The van der Waals surface area contributed by atoms with Crippen LogP contribution in [-0.4, -0.2) is 59.1 Å². The molecule has 1 saturated heterocycles. The molecule has 5 rings (SSSR count). The molecule has 0 bridgehead atoms. The number of anilines is 1. The number of carbonyl (C=O) groups is 2. The molecule has 4 heterocycles. The van der Waals surface area contributed by atoms with Gasteiger partial charge in [0.05, 0.1) is 29.2 Å². The van der Waals surface area contributed by atoms with Crippen LogP contribution in [0.15, 0.2) is 65.0 Å². The molecule has 1 aliphatic heterocycles. The topological polar surface area (TPSA) is 84.7 Å². The van der Waals surface area contributed by atoms with E-state index in [1.54, 1.807) is 23.9 Å². The Morgan fingerprint density at radius 1 is 1.08 bits per heavy atom. The van der Waals surface area contributed by atoms with Crippen molar-refractivity contribution in [3.05, 3.63) is 92.2 Å². The van der Waals surface area contributed by atoms with Crippen molar-refractivity contribution in [3.8, 4) is 0 Å². The molecular formula is C28H28N4O4S. The van der Waals surface area contributed by atoms with Crippen LogP contribution >= 0.6 is 11.3 Å². The minimum Gasteiger partial charge on any atom is -0.462 e. The lowest BCUT2D eigenvalue weighted by molar-refractivity contribution is 0.0523. The van der Waals surface area contributed by atoms with Gasteiger partial charge in [-0.2, -0.15) is 0 Å². The number of amides is 1. The van der Waals surface area contributed by atoms with E-state index in [0.29, 0.717) is 54.2 Å². The molecule has 1 fully saturated rings. The Bertz CT molecular complexity index is 1500. The lowest BCUT2D eigenvalue weighted by Crippen LogP contribution is -2.49. The van der Waals surface area contributed by atoms with Crippen molar-refractivity contribution >= 4 is 39.8 Å². The number of fused-ring (bicyclic) bond motifs is 1. The zero-order valence-electron chi connectivity index (χ0n) is 20.8. The Hall–Kier alpha value is -3.98. The summed E-state index contributed by atoms with van der Waals surface area (Å²) < 4.78 is 6.98. The Balaban J connectivity index is 1.58. The molecule has 0 aliphatic carbocycles. The van der Waals surface area contributed by atoms with Crippen LogP contribution in [0.25, 0.3) is 10.9 Å². The normalized spacial score (nSPS) is 13.7. The fourth-order valence-corrected chi connectivity index (χ4v) is 5.53. The number of carbonyl (C=O) groups excluding carboxylic acids is 2. The molecule has 1 aromatic carbocycles. The van der Waals surface area contributed by atoms with Crippen molar-refractivity contribution in [3.63, 3.8) is 0 Å². The van der Waals surface area contributed by atoms with Gasteiger partial charge in [-0.25, -0.2) is 4.79 Å². The smallest absolute Gasteiger partial charge is 0.345 e. The highest BCUT2D eigenvalue weighted by molar-refractivity contribution is 7.12. The SMILES string of the molecule is CCOC(=O)c1c(N2CCN(C(=O)c3cccs3)CC2)c2cnccc2n(Cc2cccc(C)c2)c1=O. The number of thiophene rings is 1. The van der Waals surface area contributed by atoms with Crippen LogP contribution in [0.2, 0.25) is 0 Å². The number of ether oxygens (including phenoxy) is 1. The Labute approximate surface area is 218 Å². The minimum absolute atomic E-state index is 0.000336. The van der Waals surface area contributed by atoms with Crippen LogP contribution in [0, 0.1) is 6.92 Å². The number of benzene rings is 1. The molecule has 0 atom stereocenters. The number of hydrogen-bond donors (Lipinski definition) is 0. The van der Waals surface area contributed by atoms with Gasteiger partial charge in [-0.1, -0.05) is 35.9 Å². The molecule has 3 aromatic heterocycles. The van der Waals surface area contributed by atoms with E-state index < -0.39 is 11.5 Å². The molecule has 1 aliphatic rings. The van der Waals surface area contributed by atoms with Crippen LogP contribution in [0.1, 0.15) is 38.1 Å². The van der Waals surface area contributed by atoms with E-state index in [1.165, 1.54) is 11.3 Å². The predicted molar refractivity (Wildman–Crippen MR) is 145 cm³/mol. The number of nitrogens with zero attached hydrogens (tertiary/aromatic N) is 4. The largest absolute Gasteiger partial charge is 0.462 e. The van der Waals surface area contributed by atoms with E-state index in [2.05, 4.69) is 4.98 Å². The summed E-state index contributed by atoms with van der Waals surface area (Å²) in [6.45, 7) is 6.12. The quantitative estimate of drug-likeness (QED) is 0.361. The zero-order chi connectivity index (χ0) is 25.9. The zero-order valence-corrected chi connectivity index (χ0v) is 21.7. The van der Waals surface area contributed by atoms with Crippen LogP contribution in [0.5, 0.6) is 0 Å². The van der Waals surface area contributed by atoms with Crippen molar-refractivity contribution in [1.29, 1.82) is 0 Å². The van der Waals surface area contributed by atoms with E-state index >= 15 is 0 Å². The minimum atomic E-state index is -0.650. The van der Waals surface area contributed by atoms with Gasteiger partial charge < -0.3 is 19.1 Å². The molecular weight excluding hydrogens is 488 g/mol. The summed E-state index contributed by atoms with van der Waals surface area (Å²) in [5, 5.41) is 2.59. The molecule has 37 heavy (non-hydrogen) atoms. The first-order valence-corrected chi connectivity index (χ1v) is 13.2. The number of esters is 1. The summed E-state index contributed by atoms with van der Waals surface area (Å²) in [4.78, 5) is 48.8. The highest BCUT2D eigenvalue weighted by atomic mass is 32.1. The first-order chi connectivity index (χ1) is 18.0. The first-order valence-electron chi connectivity index (χ1n) is 12.3. The average molecular weight is 517 g/mol. The molecule has 9 heteroatoms. The van der Waals surface area contributed by atoms with Crippen molar-refractivity contribution in [2.75, 3.05) is 37.7 Å². The van der Waals surface area contributed by atoms with Crippen LogP contribution in [0.4, 0.5) is 5.69 Å². The van der Waals surface area contributed by atoms with Gasteiger partial charge in [-0.05, 0) is 36.9 Å². The molecule has 0 saturated carbocycles.